The zero-order valence-corrected chi connectivity index (χ0v) is 8.83. The van der Waals surface area contributed by atoms with Crippen molar-refractivity contribution < 1.29 is 9.13 Å². The molecule has 1 nitrogen and oxygen atoms in total. The minimum atomic E-state index is -0.355. The summed E-state index contributed by atoms with van der Waals surface area (Å²) < 4.78 is 17.6. The fourth-order valence-electron chi connectivity index (χ4n) is 0.620. The molecule has 0 aromatic rings. The standard InChI is InChI=1S/C9H18ClFO/c1-8(4-10)5-12-7-9(2,3)6-11/h8H,4-7H2,1-3H3. The first-order valence-corrected chi connectivity index (χ1v) is 4.75. The van der Waals surface area contributed by atoms with Gasteiger partial charge in [-0.05, 0) is 5.92 Å². The van der Waals surface area contributed by atoms with Crippen LogP contribution in [0.25, 0.3) is 0 Å². The van der Waals surface area contributed by atoms with Crippen LogP contribution in [0.4, 0.5) is 4.39 Å². The SMILES string of the molecule is CC(CCl)COCC(C)(C)CF. The van der Waals surface area contributed by atoms with E-state index < -0.39 is 0 Å². The summed E-state index contributed by atoms with van der Waals surface area (Å²) in [5, 5.41) is 0. The fraction of sp³-hybridized carbons (Fsp3) is 1.00. The van der Waals surface area contributed by atoms with Gasteiger partial charge in [-0.25, -0.2) is 0 Å². The van der Waals surface area contributed by atoms with Crippen molar-refractivity contribution in [3.8, 4) is 0 Å². The normalized spacial score (nSPS) is 14.8. The molecule has 0 aliphatic rings. The Hall–Kier alpha value is 0.180. The molecule has 0 N–H and O–H groups in total. The molecular formula is C9H18ClFO. The lowest BCUT2D eigenvalue weighted by molar-refractivity contribution is 0.0355. The third-order valence-corrected chi connectivity index (χ3v) is 2.05. The highest BCUT2D eigenvalue weighted by molar-refractivity contribution is 6.18. The molecule has 0 fully saturated rings. The molecule has 0 saturated heterocycles. The maximum absolute atomic E-state index is 12.3. The van der Waals surface area contributed by atoms with E-state index in [0.717, 1.165) is 0 Å². The second-order valence-electron chi connectivity index (χ2n) is 4.07. The van der Waals surface area contributed by atoms with Gasteiger partial charge in [-0.2, -0.15) is 0 Å². The van der Waals surface area contributed by atoms with Crippen molar-refractivity contribution >= 4 is 11.6 Å². The van der Waals surface area contributed by atoms with Crippen molar-refractivity contribution in [1.82, 2.24) is 0 Å². The number of hydrogen-bond acceptors (Lipinski definition) is 1. The molecule has 0 bridgehead atoms. The molecule has 12 heavy (non-hydrogen) atoms. The van der Waals surface area contributed by atoms with E-state index in [1.807, 2.05) is 20.8 Å². The molecule has 3 heteroatoms. The first-order valence-electron chi connectivity index (χ1n) is 4.21. The van der Waals surface area contributed by atoms with Crippen molar-refractivity contribution in [3.05, 3.63) is 0 Å². The van der Waals surface area contributed by atoms with Gasteiger partial charge in [0.15, 0.2) is 0 Å². The van der Waals surface area contributed by atoms with Crippen LogP contribution in [0.15, 0.2) is 0 Å². The molecule has 1 unspecified atom stereocenters. The van der Waals surface area contributed by atoms with Gasteiger partial charge in [-0.15, -0.1) is 11.6 Å². The molecule has 0 amide bonds. The van der Waals surface area contributed by atoms with Crippen LogP contribution in [-0.4, -0.2) is 25.8 Å². The van der Waals surface area contributed by atoms with Gasteiger partial charge >= 0.3 is 0 Å². The molecule has 0 aromatic heterocycles. The van der Waals surface area contributed by atoms with E-state index in [2.05, 4.69) is 0 Å². The van der Waals surface area contributed by atoms with Crippen LogP contribution in [0.3, 0.4) is 0 Å². The number of halogens is 2. The van der Waals surface area contributed by atoms with Crippen molar-refractivity contribution in [2.75, 3.05) is 25.8 Å². The van der Waals surface area contributed by atoms with Crippen LogP contribution in [0.2, 0.25) is 0 Å². The van der Waals surface area contributed by atoms with Crippen molar-refractivity contribution in [1.29, 1.82) is 0 Å². The van der Waals surface area contributed by atoms with Crippen LogP contribution in [0.5, 0.6) is 0 Å². The lowest BCUT2D eigenvalue weighted by atomic mass is 9.97. The molecule has 1 atom stereocenters. The summed E-state index contributed by atoms with van der Waals surface area (Å²) in [4.78, 5) is 0. The van der Waals surface area contributed by atoms with Gasteiger partial charge < -0.3 is 4.74 Å². The van der Waals surface area contributed by atoms with Gasteiger partial charge in [0, 0.05) is 11.3 Å². The Morgan fingerprint density at radius 1 is 1.50 bits per heavy atom. The summed E-state index contributed by atoms with van der Waals surface area (Å²) in [6.07, 6.45) is 0. The predicted octanol–water partition coefficient (Wildman–Crippen LogP) is 2.87. The molecule has 0 spiro atoms. The Bertz CT molecular complexity index is 117. The Morgan fingerprint density at radius 2 is 2.08 bits per heavy atom. The lowest BCUT2D eigenvalue weighted by Gasteiger charge is -2.21. The summed E-state index contributed by atoms with van der Waals surface area (Å²) in [5.41, 5.74) is -0.355. The Morgan fingerprint density at radius 3 is 2.50 bits per heavy atom. The summed E-state index contributed by atoms with van der Waals surface area (Å²) in [7, 11) is 0. The summed E-state index contributed by atoms with van der Waals surface area (Å²) >= 11 is 5.58. The Kier molecular flexibility index (Phi) is 5.85. The van der Waals surface area contributed by atoms with Crippen LogP contribution < -0.4 is 0 Å². The molecule has 0 saturated carbocycles. The third kappa shape index (κ3) is 5.78. The molecule has 0 rings (SSSR count). The monoisotopic (exact) mass is 196 g/mol. The number of rotatable bonds is 6. The molecule has 0 heterocycles. The quantitative estimate of drug-likeness (QED) is 0.594. The first kappa shape index (κ1) is 12.2. The van der Waals surface area contributed by atoms with Gasteiger partial charge in [0.2, 0.25) is 0 Å². The highest BCUT2D eigenvalue weighted by Gasteiger charge is 2.17. The van der Waals surface area contributed by atoms with Crippen molar-refractivity contribution in [2.24, 2.45) is 11.3 Å². The van der Waals surface area contributed by atoms with Gasteiger partial charge in [0.25, 0.3) is 0 Å². The Labute approximate surface area is 79.2 Å². The van der Waals surface area contributed by atoms with Gasteiger partial charge in [0.05, 0.1) is 19.9 Å². The lowest BCUT2D eigenvalue weighted by Crippen LogP contribution is -2.23. The van der Waals surface area contributed by atoms with Gasteiger partial charge in [0.1, 0.15) is 0 Å². The van der Waals surface area contributed by atoms with Crippen molar-refractivity contribution in [2.45, 2.75) is 20.8 Å². The van der Waals surface area contributed by atoms with E-state index >= 15 is 0 Å². The summed E-state index contributed by atoms with van der Waals surface area (Å²) in [6, 6.07) is 0. The van der Waals surface area contributed by atoms with Crippen molar-refractivity contribution in [3.63, 3.8) is 0 Å². The van der Waals surface area contributed by atoms with Crippen LogP contribution >= 0.6 is 11.6 Å². The van der Waals surface area contributed by atoms with E-state index in [-0.39, 0.29) is 12.1 Å². The largest absolute Gasteiger partial charge is 0.380 e. The smallest absolute Gasteiger partial charge is 0.0967 e. The zero-order chi connectivity index (χ0) is 9.61. The van der Waals surface area contributed by atoms with E-state index in [1.54, 1.807) is 0 Å². The minimum absolute atomic E-state index is 0.345. The fourth-order valence-corrected chi connectivity index (χ4v) is 0.709. The highest BCUT2D eigenvalue weighted by atomic mass is 35.5. The number of ether oxygens (including phenoxy) is 1. The van der Waals surface area contributed by atoms with E-state index in [4.69, 9.17) is 16.3 Å². The molecule has 0 aliphatic carbocycles. The van der Waals surface area contributed by atoms with Crippen LogP contribution in [-0.2, 0) is 4.74 Å². The average molecular weight is 197 g/mol. The second-order valence-corrected chi connectivity index (χ2v) is 4.38. The zero-order valence-electron chi connectivity index (χ0n) is 8.07. The van der Waals surface area contributed by atoms with E-state index in [0.29, 0.717) is 25.0 Å². The minimum Gasteiger partial charge on any atom is -0.380 e. The average Bonchev–Trinajstić information content (AvgIpc) is 2.04. The summed E-state index contributed by atoms with van der Waals surface area (Å²) in [5.74, 6) is 0.942. The maximum atomic E-state index is 12.3. The summed E-state index contributed by atoms with van der Waals surface area (Å²) in [6.45, 7) is 6.44. The topological polar surface area (TPSA) is 9.23 Å². The predicted molar refractivity (Wildman–Crippen MR) is 50.5 cm³/mol. The van der Waals surface area contributed by atoms with E-state index in [1.165, 1.54) is 0 Å². The maximum Gasteiger partial charge on any atom is 0.0967 e. The van der Waals surface area contributed by atoms with Gasteiger partial charge in [-0.3, -0.25) is 4.39 Å². The molecule has 0 aliphatic heterocycles. The van der Waals surface area contributed by atoms with Crippen LogP contribution in [0.1, 0.15) is 20.8 Å². The first-order chi connectivity index (χ1) is 5.52. The molecular weight excluding hydrogens is 179 g/mol. The van der Waals surface area contributed by atoms with Gasteiger partial charge in [-0.1, -0.05) is 20.8 Å². The number of alkyl halides is 2. The second kappa shape index (κ2) is 5.76. The van der Waals surface area contributed by atoms with E-state index in [9.17, 15) is 4.39 Å². The highest BCUT2D eigenvalue weighted by Crippen LogP contribution is 2.16. The molecule has 0 aromatic carbocycles. The number of hydrogen-bond donors (Lipinski definition) is 0. The molecule has 0 radical (unpaired) electrons. The Balaban J connectivity index is 3.42. The molecule has 74 valence electrons. The van der Waals surface area contributed by atoms with Crippen LogP contribution in [0, 0.1) is 11.3 Å². The third-order valence-electron chi connectivity index (χ3n) is 1.52.